The van der Waals surface area contributed by atoms with Crippen molar-refractivity contribution in [3.63, 3.8) is 0 Å². The van der Waals surface area contributed by atoms with E-state index >= 15 is 0 Å². The second-order valence-corrected chi connectivity index (χ2v) is 6.37. The van der Waals surface area contributed by atoms with Crippen molar-refractivity contribution in [1.29, 1.82) is 0 Å². The summed E-state index contributed by atoms with van der Waals surface area (Å²) in [5, 5.41) is 1.18. The first-order valence-corrected chi connectivity index (χ1v) is 7.99. The van der Waals surface area contributed by atoms with Crippen molar-refractivity contribution in [2.75, 3.05) is 32.3 Å². The Balaban J connectivity index is 1.90. The minimum Gasteiger partial charge on any atom is -0.491 e. The Bertz CT molecular complexity index is 764. The van der Waals surface area contributed by atoms with Gasteiger partial charge in [-0.2, -0.15) is 0 Å². The molecule has 1 aromatic heterocycles. The van der Waals surface area contributed by atoms with Gasteiger partial charge in [0.15, 0.2) is 0 Å². The van der Waals surface area contributed by atoms with Crippen LogP contribution in [-0.4, -0.2) is 27.4 Å². The summed E-state index contributed by atoms with van der Waals surface area (Å²) in [4.78, 5) is 3.31. The molecule has 0 fully saturated rings. The Morgan fingerprint density at radius 3 is 2.50 bits per heavy atom. The average Bonchev–Trinajstić information content (AvgIpc) is 2.96. The molecule has 0 saturated heterocycles. The van der Waals surface area contributed by atoms with E-state index < -0.39 is 6.67 Å². The average molecular weight is 315 g/mol. The molecule has 0 aliphatic rings. The van der Waals surface area contributed by atoms with Gasteiger partial charge in [-0.05, 0) is 47.3 Å². The molecule has 22 heavy (non-hydrogen) atoms. The first kappa shape index (κ1) is 14.9. The van der Waals surface area contributed by atoms with Crippen LogP contribution in [0, 0.1) is 0 Å². The molecule has 114 valence electrons. The Morgan fingerprint density at radius 2 is 1.82 bits per heavy atom. The zero-order valence-electron chi connectivity index (χ0n) is 12.7. The lowest BCUT2D eigenvalue weighted by Crippen LogP contribution is -2.07. The highest BCUT2D eigenvalue weighted by Crippen LogP contribution is 2.35. The molecule has 0 aliphatic heterocycles. The monoisotopic (exact) mass is 315 g/mol. The van der Waals surface area contributed by atoms with Crippen LogP contribution in [0.5, 0.6) is 5.75 Å². The lowest BCUT2D eigenvalue weighted by atomic mass is 10.1. The van der Waals surface area contributed by atoms with Crippen LogP contribution in [0.25, 0.3) is 20.5 Å². The molecule has 3 aromatic rings. The first-order chi connectivity index (χ1) is 10.7. The van der Waals surface area contributed by atoms with E-state index in [1.807, 2.05) is 32.3 Å². The summed E-state index contributed by atoms with van der Waals surface area (Å²) in [7, 11) is 4.07. The highest BCUT2D eigenvalue weighted by Gasteiger charge is 2.06. The maximum atomic E-state index is 12.2. The zero-order valence-corrected chi connectivity index (χ0v) is 13.5. The number of anilines is 1. The van der Waals surface area contributed by atoms with Gasteiger partial charge in [-0.1, -0.05) is 12.1 Å². The van der Waals surface area contributed by atoms with Crippen molar-refractivity contribution in [3.8, 4) is 16.2 Å². The molecule has 4 heteroatoms. The highest BCUT2D eigenvalue weighted by molar-refractivity contribution is 7.22. The van der Waals surface area contributed by atoms with Crippen LogP contribution in [0.4, 0.5) is 10.1 Å². The number of alkyl halides is 1. The maximum absolute atomic E-state index is 12.2. The Hall–Kier alpha value is -2.07. The van der Waals surface area contributed by atoms with Crippen LogP contribution in [0.1, 0.15) is 0 Å². The van der Waals surface area contributed by atoms with Crippen LogP contribution < -0.4 is 9.64 Å². The van der Waals surface area contributed by atoms with Crippen molar-refractivity contribution in [2.24, 2.45) is 0 Å². The van der Waals surface area contributed by atoms with Gasteiger partial charge in [-0.3, -0.25) is 0 Å². The molecule has 2 nitrogen and oxygen atoms in total. The van der Waals surface area contributed by atoms with Gasteiger partial charge in [0.05, 0.1) is 0 Å². The first-order valence-electron chi connectivity index (χ1n) is 7.17. The molecule has 3 rings (SSSR count). The molecule has 0 spiro atoms. The summed E-state index contributed by atoms with van der Waals surface area (Å²) in [6.45, 7) is -0.359. The topological polar surface area (TPSA) is 12.5 Å². The summed E-state index contributed by atoms with van der Waals surface area (Å²) in [5.74, 6) is 0.724. The van der Waals surface area contributed by atoms with E-state index in [1.54, 1.807) is 11.3 Å². The number of ether oxygens (including phenoxy) is 1. The minimum absolute atomic E-state index is 0.107. The standard InChI is InChI=1S/C18H18FNOS/c1-20(2)15-6-3-13(4-7-15)17-11-14-5-8-16(21-10-9-19)12-18(14)22-17/h3-8,11-12H,9-10H2,1-2H3. The van der Waals surface area contributed by atoms with Crippen LogP contribution in [-0.2, 0) is 0 Å². The van der Waals surface area contributed by atoms with E-state index in [1.165, 1.54) is 21.5 Å². The zero-order chi connectivity index (χ0) is 15.5. The molecule has 0 saturated carbocycles. The maximum Gasteiger partial charge on any atom is 0.123 e. The minimum atomic E-state index is -0.466. The molecule has 0 amide bonds. The molecule has 1 heterocycles. The van der Waals surface area contributed by atoms with E-state index in [4.69, 9.17) is 4.74 Å². The number of thiophene rings is 1. The lowest BCUT2D eigenvalue weighted by molar-refractivity contribution is 0.273. The van der Waals surface area contributed by atoms with Gasteiger partial charge >= 0.3 is 0 Å². The smallest absolute Gasteiger partial charge is 0.123 e. The van der Waals surface area contributed by atoms with E-state index in [2.05, 4.69) is 35.2 Å². The van der Waals surface area contributed by atoms with Gasteiger partial charge in [-0.15, -0.1) is 11.3 Å². The molecule has 0 unspecified atom stereocenters. The number of halogens is 1. The van der Waals surface area contributed by atoms with Crippen LogP contribution in [0.2, 0.25) is 0 Å². The second kappa shape index (κ2) is 6.36. The summed E-state index contributed by atoms with van der Waals surface area (Å²) in [5.41, 5.74) is 2.39. The molecule has 0 aliphatic carbocycles. The summed E-state index contributed by atoms with van der Waals surface area (Å²) < 4.78 is 18.7. The third kappa shape index (κ3) is 3.07. The summed E-state index contributed by atoms with van der Waals surface area (Å²) in [6.07, 6.45) is 0. The van der Waals surface area contributed by atoms with Crippen LogP contribution in [0.15, 0.2) is 48.5 Å². The largest absolute Gasteiger partial charge is 0.491 e. The van der Waals surface area contributed by atoms with Crippen LogP contribution >= 0.6 is 11.3 Å². The normalized spacial score (nSPS) is 10.9. The molecule has 0 bridgehead atoms. The fourth-order valence-electron chi connectivity index (χ4n) is 2.32. The molecule has 0 radical (unpaired) electrons. The fraction of sp³-hybridized carbons (Fsp3) is 0.222. The van der Waals surface area contributed by atoms with Crippen molar-refractivity contribution < 1.29 is 9.13 Å². The molecule has 0 N–H and O–H groups in total. The number of nitrogens with zero attached hydrogens (tertiary/aromatic N) is 1. The molecule has 2 aromatic carbocycles. The summed E-state index contributed by atoms with van der Waals surface area (Å²) >= 11 is 1.72. The summed E-state index contributed by atoms with van der Waals surface area (Å²) in [6, 6.07) is 16.6. The predicted molar refractivity (Wildman–Crippen MR) is 93.1 cm³/mol. The van der Waals surface area contributed by atoms with Gasteiger partial charge < -0.3 is 9.64 Å². The van der Waals surface area contributed by atoms with E-state index in [0.717, 1.165) is 10.4 Å². The highest BCUT2D eigenvalue weighted by atomic mass is 32.1. The Labute approximate surface area is 133 Å². The molecular weight excluding hydrogens is 297 g/mol. The van der Waals surface area contributed by atoms with Crippen molar-refractivity contribution in [2.45, 2.75) is 0 Å². The second-order valence-electron chi connectivity index (χ2n) is 5.29. The number of rotatable bonds is 5. The van der Waals surface area contributed by atoms with E-state index in [-0.39, 0.29) is 6.61 Å². The number of hydrogen-bond donors (Lipinski definition) is 0. The van der Waals surface area contributed by atoms with Gasteiger partial charge in [0, 0.05) is 29.4 Å². The number of hydrogen-bond acceptors (Lipinski definition) is 3. The van der Waals surface area contributed by atoms with E-state index in [0.29, 0.717) is 0 Å². The molecule has 0 atom stereocenters. The Kier molecular flexibility index (Phi) is 4.29. The van der Waals surface area contributed by atoms with Crippen molar-refractivity contribution in [1.82, 2.24) is 0 Å². The van der Waals surface area contributed by atoms with Gasteiger partial charge in [0.1, 0.15) is 19.0 Å². The predicted octanol–water partition coefficient (Wildman–Crippen LogP) is 4.98. The van der Waals surface area contributed by atoms with Gasteiger partial charge in [-0.25, -0.2) is 4.39 Å². The van der Waals surface area contributed by atoms with Crippen molar-refractivity contribution in [3.05, 3.63) is 48.5 Å². The van der Waals surface area contributed by atoms with Crippen molar-refractivity contribution >= 4 is 27.1 Å². The van der Waals surface area contributed by atoms with E-state index in [9.17, 15) is 4.39 Å². The lowest BCUT2D eigenvalue weighted by Gasteiger charge is -2.12. The van der Waals surface area contributed by atoms with Gasteiger partial charge in [0.2, 0.25) is 0 Å². The third-order valence-corrected chi connectivity index (χ3v) is 4.65. The number of benzene rings is 2. The SMILES string of the molecule is CN(C)c1ccc(-c2cc3ccc(OCCF)cc3s2)cc1. The third-order valence-electron chi connectivity index (χ3n) is 3.51. The van der Waals surface area contributed by atoms with Gasteiger partial charge in [0.25, 0.3) is 0 Å². The molecular formula is C18H18FNOS. The fourth-order valence-corrected chi connectivity index (χ4v) is 3.42. The number of fused-ring (bicyclic) bond motifs is 1. The quantitative estimate of drug-likeness (QED) is 0.658. The van der Waals surface area contributed by atoms with Crippen LogP contribution in [0.3, 0.4) is 0 Å². The Morgan fingerprint density at radius 1 is 1.05 bits per heavy atom.